The molecule has 2 aliphatic heterocycles. The number of Topliss-reactive ketones (excluding diaryl/α,β-unsaturated/α-hetero) is 1. The van der Waals surface area contributed by atoms with Gasteiger partial charge in [0.25, 0.3) is 11.7 Å². The molecule has 2 N–H and O–H groups in total. The third-order valence-electron chi connectivity index (χ3n) is 6.63. The van der Waals surface area contributed by atoms with Gasteiger partial charge in [-0.1, -0.05) is 18.2 Å². The zero-order chi connectivity index (χ0) is 26.1. The second kappa shape index (κ2) is 9.92. The van der Waals surface area contributed by atoms with Crippen LogP contribution in [0.15, 0.2) is 48.7 Å². The van der Waals surface area contributed by atoms with Gasteiger partial charge in [0.2, 0.25) is 5.91 Å². The Labute approximate surface area is 212 Å². The minimum absolute atomic E-state index is 0.184. The van der Waals surface area contributed by atoms with Crippen LogP contribution in [0.3, 0.4) is 0 Å². The van der Waals surface area contributed by atoms with Crippen molar-refractivity contribution in [2.24, 2.45) is 0 Å². The van der Waals surface area contributed by atoms with E-state index in [0.717, 1.165) is 5.52 Å². The Morgan fingerprint density at radius 2 is 1.86 bits per heavy atom. The number of H-pyrrole nitrogens is 1. The zero-order valence-electron chi connectivity index (χ0n) is 20.2. The molecule has 37 heavy (non-hydrogen) atoms. The Morgan fingerprint density at radius 1 is 1.11 bits per heavy atom. The number of piperazine rings is 1. The summed E-state index contributed by atoms with van der Waals surface area (Å²) in [6.45, 7) is 3.02. The van der Waals surface area contributed by atoms with E-state index in [1.165, 1.54) is 22.8 Å². The third-order valence-corrected chi connectivity index (χ3v) is 6.63. The first kappa shape index (κ1) is 24.3. The molecule has 5 rings (SSSR count). The molecule has 10 nitrogen and oxygen atoms in total. The number of halogens is 1. The van der Waals surface area contributed by atoms with Crippen molar-refractivity contribution in [3.05, 3.63) is 60.0 Å². The second-order valence-corrected chi connectivity index (χ2v) is 9.05. The molecule has 0 bridgehead atoms. The SMILES string of the molecule is CC(=O)NC[C@H]1CN(c2ccc(N3CCN(C(=O)C(=O)c4c[nH]c5ccccc45)CC3)c(F)c2)C(=O)O1. The molecular weight excluding hydrogens is 481 g/mol. The van der Waals surface area contributed by atoms with Crippen molar-refractivity contribution in [2.75, 3.05) is 49.1 Å². The lowest BCUT2D eigenvalue weighted by Crippen LogP contribution is -2.50. The number of anilines is 2. The highest BCUT2D eigenvalue weighted by Gasteiger charge is 2.33. The summed E-state index contributed by atoms with van der Waals surface area (Å²) in [7, 11) is 0. The van der Waals surface area contributed by atoms with Crippen LogP contribution in [-0.4, -0.2) is 78.9 Å². The fourth-order valence-electron chi connectivity index (χ4n) is 4.69. The summed E-state index contributed by atoms with van der Waals surface area (Å²) >= 11 is 0. The van der Waals surface area contributed by atoms with Crippen molar-refractivity contribution >= 4 is 46.0 Å². The highest BCUT2D eigenvalue weighted by atomic mass is 19.1. The van der Waals surface area contributed by atoms with E-state index in [1.54, 1.807) is 29.3 Å². The van der Waals surface area contributed by atoms with E-state index in [0.29, 0.717) is 35.4 Å². The first-order valence-electron chi connectivity index (χ1n) is 12.0. The standard InChI is InChI=1S/C26H26FN5O5/c1-16(33)28-13-18-15-32(26(36)37-18)17-6-7-23(21(27)12-17)30-8-10-31(11-9-30)25(35)24(34)20-14-29-22-5-3-2-4-19(20)22/h2-7,12,14,18,29H,8-11,13,15H2,1H3,(H,28,33)/t18-/m0/s1. The predicted octanol–water partition coefficient (Wildman–Crippen LogP) is 2.30. The molecule has 1 atom stereocenters. The first-order chi connectivity index (χ1) is 17.8. The lowest BCUT2D eigenvalue weighted by atomic mass is 10.1. The Morgan fingerprint density at radius 3 is 2.59 bits per heavy atom. The molecule has 3 heterocycles. The molecule has 2 saturated heterocycles. The van der Waals surface area contributed by atoms with Crippen LogP contribution >= 0.6 is 0 Å². The number of benzene rings is 2. The summed E-state index contributed by atoms with van der Waals surface area (Å²) in [4.78, 5) is 56.7. The van der Waals surface area contributed by atoms with Gasteiger partial charge in [0.15, 0.2) is 0 Å². The number of hydrogen-bond donors (Lipinski definition) is 2. The second-order valence-electron chi connectivity index (χ2n) is 9.05. The first-order valence-corrected chi connectivity index (χ1v) is 12.0. The number of amides is 3. The highest BCUT2D eigenvalue weighted by Crippen LogP contribution is 2.29. The van der Waals surface area contributed by atoms with Crippen molar-refractivity contribution in [1.82, 2.24) is 15.2 Å². The third kappa shape index (κ3) is 4.84. The molecule has 2 fully saturated rings. The number of aromatic nitrogens is 1. The van der Waals surface area contributed by atoms with E-state index in [4.69, 9.17) is 4.74 Å². The van der Waals surface area contributed by atoms with Gasteiger partial charge in [0.05, 0.1) is 30.0 Å². The number of fused-ring (bicyclic) bond motifs is 1. The molecule has 0 radical (unpaired) electrons. The van der Waals surface area contributed by atoms with E-state index >= 15 is 4.39 Å². The van der Waals surface area contributed by atoms with Crippen LogP contribution in [0.1, 0.15) is 17.3 Å². The summed E-state index contributed by atoms with van der Waals surface area (Å²) in [5, 5.41) is 3.30. The summed E-state index contributed by atoms with van der Waals surface area (Å²) < 4.78 is 20.3. The molecule has 0 unspecified atom stereocenters. The molecule has 0 saturated carbocycles. The molecular formula is C26H26FN5O5. The van der Waals surface area contributed by atoms with Crippen molar-refractivity contribution in [1.29, 1.82) is 0 Å². The number of carbonyl (C=O) groups excluding carboxylic acids is 4. The zero-order valence-corrected chi connectivity index (χ0v) is 20.2. The highest BCUT2D eigenvalue weighted by molar-refractivity contribution is 6.44. The Bertz CT molecular complexity index is 1380. The summed E-state index contributed by atoms with van der Waals surface area (Å²) in [6, 6.07) is 11.8. The van der Waals surface area contributed by atoms with Crippen LogP contribution < -0.4 is 15.1 Å². The van der Waals surface area contributed by atoms with Gasteiger partial charge in [-0.15, -0.1) is 0 Å². The van der Waals surface area contributed by atoms with Crippen LogP contribution in [0.25, 0.3) is 10.9 Å². The monoisotopic (exact) mass is 507 g/mol. The van der Waals surface area contributed by atoms with Crippen molar-refractivity contribution in [3.8, 4) is 0 Å². The topological polar surface area (TPSA) is 115 Å². The van der Waals surface area contributed by atoms with Crippen molar-refractivity contribution in [2.45, 2.75) is 13.0 Å². The molecule has 2 aromatic carbocycles. The van der Waals surface area contributed by atoms with Crippen molar-refractivity contribution < 1.29 is 28.3 Å². The van der Waals surface area contributed by atoms with Gasteiger partial charge in [0, 0.05) is 50.2 Å². The molecule has 2 aliphatic rings. The molecule has 3 amide bonds. The maximum atomic E-state index is 15.1. The number of cyclic esters (lactones) is 1. The summed E-state index contributed by atoms with van der Waals surface area (Å²) in [5.74, 6) is -1.89. The van der Waals surface area contributed by atoms with Gasteiger partial charge in [-0.25, -0.2) is 9.18 Å². The van der Waals surface area contributed by atoms with E-state index in [-0.39, 0.29) is 32.1 Å². The summed E-state index contributed by atoms with van der Waals surface area (Å²) in [5.41, 5.74) is 1.83. The number of para-hydroxylation sites is 1. The maximum absolute atomic E-state index is 15.1. The number of nitrogens with zero attached hydrogens (tertiary/aromatic N) is 3. The number of carbonyl (C=O) groups is 4. The van der Waals surface area contributed by atoms with Gasteiger partial charge >= 0.3 is 6.09 Å². The van der Waals surface area contributed by atoms with Crippen LogP contribution in [0.2, 0.25) is 0 Å². The lowest BCUT2D eigenvalue weighted by Gasteiger charge is -2.36. The molecule has 0 aliphatic carbocycles. The van der Waals surface area contributed by atoms with Gasteiger partial charge in [-0.05, 0) is 24.3 Å². The fourth-order valence-corrected chi connectivity index (χ4v) is 4.69. The van der Waals surface area contributed by atoms with Crippen LogP contribution in [0.4, 0.5) is 20.6 Å². The van der Waals surface area contributed by atoms with Gasteiger partial charge in [-0.2, -0.15) is 0 Å². The largest absolute Gasteiger partial charge is 0.442 e. The van der Waals surface area contributed by atoms with Crippen LogP contribution in [-0.2, 0) is 14.3 Å². The Hall–Kier alpha value is -4.41. The number of rotatable bonds is 6. The van der Waals surface area contributed by atoms with E-state index in [9.17, 15) is 19.2 Å². The normalized spacial score (nSPS) is 17.7. The molecule has 192 valence electrons. The lowest BCUT2D eigenvalue weighted by molar-refractivity contribution is -0.126. The number of ether oxygens (including phenoxy) is 1. The predicted molar refractivity (Wildman–Crippen MR) is 134 cm³/mol. The average molecular weight is 508 g/mol. The summed E-state index contributed by atoms with van der Waals surface area (Å²) in [6.07, 6.45) is 0.433. The van der Waals surface area contributed by atoms with E-state index in [1.807, 2.05) is 18.2 Å². The van der Waals surface area contributed by atoms with Crippen LogP contribution in [0.5, 0.6) is 0 Å². The number of hydrogen-bond acceptors (Lipinski definition) is 6. The fraction of sp³-hybridized carbons (Fsp3) is 0.308. The average Bonchev–Trinajstić information content (AvgIpc) is 3.50. The number of nitrogens with one attached hydrogen (secondary N) is 2. The Kier molecular flexibility index (Phi) is 6.51. The quantitative estimate of drug-likeness (QED) is 0.391. The minimum atomic E-state index is -0.602. The molecule has 11 heteroatoms. The van der Waals surface area contributed by atoms with Crippen LogP contribution in [0, 0.1) is 5.82 Å². The van der Waals surface area contributed by atoms with E-state index in [2.05, 4.69) is 10.3 Å². The van der Waals surface area contributed by atoms with Gasteiger partial charge in [0.1, 0.15) is 11.9 Å². The molecule has 1 aromatic heterocycles. The van der Waals surface area contributed by atoms with Gasteiger partial charge in [-0.3, -0.25) is 19.3 Å². The smallest absolute Gasteiger partial charge is 0.414 e. The minimum Gasteiger partial charge on any atom is -0.442 e. The number of aromatic amines is 1. The molecule has 0 spiro atoms. The molecule has 3 aromatic rings. The van der Waals surface area contributed by atoms with E-state index < -0.39 is 29.7 Å². The Balaban J connectivity index is 1.21. The maximum Gasteiger partial charge on any atom is 0.414 e. The van der Waals surface area contributed by atoms with Gasteiger partial charge < -0.3 is 24.8 Å². The number of ketones is 1. The van der Waals surface area contributed by atoms with Crippen molar-refractivity contribution in [3.63, 3.8) is 0 Å².